The number of nitrogens with zero attached hydrogens (tertiary/aromatic N) is 2. The van der Waals surface area contributed by atoms with Crippen LogP contribution in [0.4, 0.5) is 11.4 Å². The zero-order valence-corrected chi connectivity index (χ0v) is 17.3. The van der Waals surface area contributed by atoms with Crippen molar-refractivity contribution in [3.63, 3.8) is 0 Å². The second-order valence-corrected chi connectivity index (χ2v) is 7.42. The zero-order valence-electron chi connectivity index (χ0n) is 17.3. The number of aryl methyl sites for hydroxylation is 1. The van der Waals surface area contributed by atoms with Gasteiger partial charge in [-0.25, -0.2) is 4.68 Å². The minimum absolute atomic E-state index is 0.0328. The number of nitrogens with two attached hydrogens (primary N) is 1. The molecule has 0 aliphatic carbocycles. The molecule has 0 fully saturated rings. The van der Waals surface area contributed by atoms with Gasteiger partial charge in [0.25, 0.3) is 5.91 Å². The number of nitrogens with one attached hydrogen (secondary N) is 2. The molecular weight excluding hydrogens is 410 g/mol. The van der Waals surface area contributed by atoms with Gasteiger partial charge in [0.2, 0.25) is 11.8 Å². The Balaban J connectivity index is 1.22. The lowest BCUT2D eigenvalue weighted by Gasteiger charge is -2.17. The summed E-state index contributed by atoms with van der Waals surface area (Å²) in [5.74, 6) is 0.0702. The fourth-order valence-electron chi connectivity index (χ4n) is 3.39. The van der Waals surface area contributed by atoms with Gasteiger partial charge in [-0.2, -0.15) is 5.10 Å². The SMILES string of the molecule is NC(=O)c1ccn(-c2ccc(NC(=O)CCCOc3ccc4c(c3)CCC(=O)N4)cc2)n1. The summed E-state index contributed by atoms with van der Waals surface area (Å²) in [6, 6.07) is 14.2. The molecular formula is C23H23N5O4. The predicted octanol–water partition coefficient (Wildman–Crippen LogP) is 2.65. The molecule has 1 aliphatic rings. The van der Waals surface area contributed by atoms with Crippen molar-refractivity contribution in [1.29, 1.82) is 0 Å². The Morgan fingerprint density at radius 3 is 2.69 bits per heavy atom. The zero-order chi connectivity index (χ0) is 22.5. The Kier molecular flexibility index (Phi) is 6.16. The van der Waals surface area contributed by atoms with E-state index in [1.54, 1.807) is 36.5 Å². The van der Waals surface area contributed by atoms with E-state index in [0.717, 1.165) is 22.7 Å². The lowest BCUT2D eigenvalue weighted by Crippen LogP contribution is -2.18. The number of hydrogen-bond donors (Lipinski definition) is 3. The smallest absolute Gasteiger partial charge is 0.269 e. The van der Waals surface area contributed by atoms with Crippen LogP contribution in [0.2, 0.25) is 0 Å². The first kappa shape index (κ1) is 21.1. The van der Waals surface area contributed by atoms with Crippen molar-refractivity contribution in [3.8, 4) is 11.4 Å². The molecule has 2 aromatic carbocycles. The van der Waals surface area contributed by atoms with Gasteiger partial charge < -0.3 is 21.1 Å². The van der Waals surface area contributed by atoms with Crippen LogP contribution in [-0.2, 0) is 16.0 Å². The van der Waals surface area contributed by atoms with Gasteiger partial charge in [-0.05, 0) is 66.9 Å². The summed E-state index contributed by atoms with van der Waals surface area (Å²) >= 11 is 0. The molecule has 9 heteroatoms. The normalized spacial score (nSPS) is 12.6. The number of ether oxygens (including phenoxy) is 1. The van der Waals surface area contributed by atoms with E-state index in [9.17, 15) is 14.4 Å². The van der Waals surface area contributed by atoms with Crippen LogP contribution < -0.4 is 21.1 Å². The van der Waals surface area contributed by atoms with Crippen LogP contribution >= 0.6 is 0 Å². The molecule has 0 saturated carbocycles. The number of benzene rings is 2. The van der Waals surface area contributed by atoms with Crippen LogP contribution in [0.25, 0.3) is 5.69 Å². The lowest BCUT2D eigenvalue weighted by atomic mass is 10.0. The molecule has 1 aromatic heterocycles. The monoisotopic (exact) mass is 433 g/mol. The van der Waals surface area contributed by atoms with Gasteiger partial charge in [-0.3, -0.25) is 14.4 Å². The molecule has 0 unspecified atom stereocenters. The highest BCUT2D eigenvalue weighted by Crippen LogP contribution is 2.26. The summed E-state index contributed by atoms with van der Waals surface area (Å²) in [6.07, 6.45) is 3.72. The molecule has 164 valence electrons. The van der Waals surface area contributed by atoms with E-state index in [2.05, 4.69) is 15.7 Å². The second-order valence-electron chi connectivity index (χ2n) is 7.42. The minimum Gasteiger partial charge on any atom is -0.494 e. The Hall–Kier alpha value is -4.14. The topological polar surface area (TPSA) is 128 Å². The van der Waals surface area contributed by atoms with Crippen LogP contribution in [0, 0.1) is 0 Å². The van der Waals surface area contributed by atoms with Gasteiger partial charge in [-0.15, -0.1) is 0 Å². The summed E-state index contributed by atoms with van der Waals surface area (Å²) in [6.45, 7) is 0.416. The number of aromatic nitrogens is 2. The first-order valence-corrected chi connectivity index (χ1v) is 10.3. The molecule has 2 heterocycles. The van der Waals surface area contributed by atoms with Gasteiger partial charge in [0.05, 0.1) is 12.3 Å². The van der Waals surface area contributed by atoms with Crippen molar-refractivity contribution >= 4 is 29.1 Å². The molecule has 4 N–H and O–H groups in total. The molecule has 0 atom stereocenters. The Labute approximate surface area is 184 Å². The number of primary amides is 1. The average Bonchev–Trinajstić information content (AvgIpc) is 3.28. The van der Waals surface area contributed by atoms with Gasteiger partial charge in [0.1, 0.15) is 11.4 Å². The van der Waals surface area contributed by atoms with Crippen molar-refractivity contribution in [1.82, 2.24) is 9.78 Å². The quantitative estimate of drug-likeness (QED) is 0.471. The maximum atomic E-state index is 12.2. The van der Waals surface area contributed by atoms with Gasteiger partial charge in [-0.1, -0.05) is 0 Å². The number of rotatable bonds is 8. The number of fused-ring (bicyclic) bond motifs is 1. The summed E-state index contributed by atoms with van der Waals surface area (Å²) in [7, 11) is 0. The van der Waals surface area contributed by atoms with E-state index >= 15 is 0 Å². The molecule has 1 aliphatic heterocycles. The molecule has 3 amide bonds. The second kappa shape index (κ2) is 9.34. The van der Waals surface area contributed by atoms with E-state index in [0.29, 0.717) is 38.0 Å². The maximum Gasteiger partial charge on any atom is 0.269 e. The Morgan fingerprint density at radius 1 is 1.12 bits per heavy atom. The van der Waals surface area contributed by atoms with Crippen LogP contribution in [0.3, 0.4) is 0 Å². The van der Waals surface area contributed by atoms with E-state index in [1.165, 1.54) is 4.68 Å². The van der Waals surface area contributed by atoms with E-state index in [1.807, 2.05) is 18.2 Å². The van der Waals surface area contributed by atoms with Gasteiger partial charge in [0.15, 0.2) is 0 Å². The van der Waals surface area contributed by atoms with E-state index in [4.69, 9.17) is 10.5 Å². The third-order valence-corrected chi connectivity index (χ3v) is 5.05. The average molecular weight is 433 g/mol. The van der Waals surface area contributed by atoms with Crippen molar-refractivity contribution in [2.75, 3.05) is 17.2 Å². The fourth-order valence-corrected chi connectivity index (χ4v) is 3.39. The highest BCUT2D eigenvalue weighted by Gasteiger charge is 2.15. The Bertz CT molecular complexity index is 1150. The van der Waals surface area contributed by atoms with E-state index < -0.39 is 5.91 Å². The molecule has 0 spiro atoms. The molecule has 0 saturated heterocycles. The third-order valence-electron chi connectivity index (χ3n) is 5.05. The first-order valence-electron chi connectivity index (χ1n) is 10.3. The third kappa shape index (κ3) is 5.12. The Morgan fingerprint density at radius 2 is 1.94 bits per heavy atom. The molecule has 0 radical (unpaired) electrons. The van der Waals surface area contributed by atoms with Crippen LogP contribution in [-0.4, -0.2) is 34.1 Å². The van der Waals surface area contributed by atoms with Crippen LogP contribution in [0.1, 0.15) is 35.3 Å². The van der Waals surface area contributed by atoms with Gasteiger partial charge >= 0.3 is 0 Å². The van der Waals surface area contributed by atoms with Crippen LogP contribution in [0.5, 0.6) is 5.75 Å². The van der Waals surface area contributed by atoms with Crippen molar-refractivity contribution in [2.24, 2.45) is 5.73 Å². The summed E-state index contributed by atoms with van der Waals surface area (Å²) in [5, 5.41) is 9.78. The van der Waals surface area contributed by atoms with Crippen molar-refractivity contribution in [2.45, 2.75) is 25.7 Å². The molecule has 9 nitrogen and oxygen atoms in total. The van der Waals surface area contributed by atoms with Crippen molar-refractivity contribution in [3.05, 3.63) is 66.0 Å². The van der Waals surface area contributed by atoms with E-state index in [-0.39, 0.29) is 17.5 Å². The number of amides is 3. The number of anilines is 2. The number of hydrogen-bond acceptors (Lipinski definition) is 5. The minimum atomic E-state index is -0.586. The first-order chi connectivity index (χ1) is 15.5. The standard InChI is InChI=1S/C23H23N5O4/c24-23(31)20-11-12-28(27-20)17-6-4-16(5-7-17)25-21(29)2-1-13-32-18-8-9-19-15(14-18)3-10-22(30)26-19/h4-9,11-12,14H,1-3,10,13H2,(H2,24,31)(H,25,29)(H,26,30). The summed E-state index contributed by atoms with van der Waals surface area (Å²) in [4.78, 5) is 34.8. The molecule has 32 heavy (non-hydrogen) atoms. The fraction of sp³-hybridized carbons (Fsp3) is 0.217. The van der Waals surface area contributed by atoms with Gasteiger partial charge in [0, 0.05) is 30.4 Å². The maximum absolute atomic E-state index is 12.2. The largest absolute Gasteiger partial charge is 0.494 e. The molecule has 4 rings (SSSR count). The van der Waals surface area contributed by atoms with Crippen LogP contribution in [0.15, 0.2) is 54.7 Å². The highest BCUT2D eigenvalue weighted by molar-refractivity contribution is 5.94. The summed E-state index contributed by atoms with van der Waals surface area (Å²) in [5.41, 5.74) is 8.70. The number of carbonyl (C=O) groups excluding carboxylic acids is 3. The molecule has 0 bridgehead atoms. The number of carbonyl (C=O) groups is 3. The van der Waals surface area contributed by atoms with Crippen molar-refractivity contribution < 1.29 is 19.1 Å². The predicted molar refractivity (Wildman–Crippen MR) is 119 cm³/mol. The molecule has 3 aromatic rings. The highest BCUT2D eigenvalue weighted by atomic mass is 16.5. The lowest BCUT2D eigenvalue weighted by molar-refractivity contribution is -0.117. The summed E-state index contributed by atoms with van der Waals surface area (Å²) < 4.78 is 7.29.